The first-order valence-corrected chi connectivity index (χ1v) is 6.36. The van der Waals surface area contributed by atoms with Crippen molar-refractivity contribution < 1.29 is 14.0 Å². The minimum absolute atomic E-state index is 0.0222. The van der Waals surface area contributed by atoms with Crippen molar-refractivity contribution in [2.24, 2.45) is 11.0 Å². The number of hydrogen-bond donors (Lipinski definition) is 0. The zero-order chi connectivity index (χ0) is 14.6. The largest absolute Gasteiger partial charge is 0.287 e. The van der Waals surface area contributed by atoms with E-state index in [0.29, 0.717) is 0 Å². The Bertz CT molecular complexity index is 586. The van der Waals surface area contributed by atoms with Crippen molar-refractivity contribution in [3.63, 3.8) is 0 Å². The Morgan fingerprint density at radius 2 is 2.11 bits per heavy atom. The molecule has 0 aromatic heterocycles. The van der Waals surface area contributed by atoms with E-state index in [1.165, 1.54) is 0 Å². The van der Waals surface area contributed by atoms with Crippen molar-refractivity contribution >= 4 is 34.4 Å². The van der Waals surface area contributed by atoms with Gasteiger partial charge in [-0.3, -0.25) is 9.59 Å². The number of thioether (sulfide) groups is 1. The molecule has 0 aliphatic carbocycles. The van der Waals surface area contributed by atoms with Crippen LogP contribution in [0.2, 0.25) is 5.02 Å². The van der Waals surface area contributed by atoms with Crippen LogP contribution in [-0.4, -0.2) is 11.0 Å². The van der Waals surface area contributed by atoms with Gasteiger partial charge in [-0.2, -0.15) is 0 Å². The van der Waals surface area contributed by atoms with E-state index in [-0.39, 0.29) is 21.0 Å². The molecule has 0 saturated carbocycles. The van der Waals surface area contributed by atoms with Crippen molar-refractivity contribution in [2.75, 3.05) is 0 Å². The maximum atomic E-state index is 13.5. The van der Waals surface area contributed by atoms with Gasteiger partial charge in [0.1, 0.15) is 5.82 Å². The fraction of sp³-hybridized carbons (Fsp3) is 0.273. The van der Waals surface area contributed by atoms with Crippen LogP contribution in [-0.2, 0) is 4.79 Å². The third kappa shape index (κ3) is 3.96. The quantitative estimate of drug-likeness (QED) is 0.363. The number of nitrogens with zero attached hydrogens (tertiary/aromatic N) is 3. The van der Waals surface area contributed by atoms with Crippen LogP contribution in [0.3, 0.4) is 0 Å². The van der Waals surface area contributed by atoms with Crippen molar-refractivity contribution in [1.29, 1.82) is 0 Å². The molecule has 1 rings (SSSR count). The highest BCUT2D eigenvalue weighted by Crippen LogP contribution is 2.32. The van der Waals surface area contributed by atoms with E-state index in [1.807, 2.05) is 0 Å². The smallest absolute Gasteiger partial charge is 0.252 e. The van der Waals surface area contributed by atoms with Gasteiger partial charge in [-0.15, -0.1) is 0 Å². The molecule has 1 amide bonds. The van der Waals surface area contributed by atoms with E-state index in [1.54, 1.807) is 13.8 Å². The summed E-state index contributed by atoms with van der Waals surface area (Å²) in [5.41, 5.74) is 7.75. The summed E-state index contributed by atoms with van der Waals surface area (Å²) in [6.45, 7) is 3.41. The van der Waals surface area contributed by atoms with Gasteiger partial charge in [0.05, 0.1) is 10.6 Å². The summed E-state index contributed by atoms with van der Waals surface area (Å²) in [4.78, 5) is 25.5. The van der Waals surface area contributed by atoms with Gasteiger partial charge in [-0.1, -0.05) is 37.2 Å². The molecule has 0 unspecified atom stereocenters. The molecular weight excluding hydrogens is 293 g/mol. The van der Waals surface area contributed by atoms with Crippen LogP contribution < -0.4 is 0 Å². The maximum absolute atomic E-state index is 13.5. The minimum Gasteiger partial charge on any atom is -0.287 e. The van der Waals surface area contributed by atoms with Crippen LogP contribution in [0.4, 0.5) is 4.39 Å². The number of carbonyl (C=O) groups excluding carboxylic acids is 2. The van der Waals surface area contributed by atoms with Crippen LogP contribution in [0.5, 0.6) is 0 Å². The van der Waals surface area contributed by atoms with Crippen molar-refractivity contribution in [1.82, 2.24) is 0 Å². The summed E-state index contributed by atoms with van der Waals surface area (Å²) < 4.78 is 13.5. The second-order valence-electron chi connectivity index (χ2n) is 3.83. The topological polar surface area (TPSA) is 82.9 Å². The lowest BCUT2D eigenvalue weighted by atomic mass is 10.2. The first kappa shape index (κ1) is 15.5. The van der Waals surface area contributed by atoms with Gasteiger partial charge >= 0.3 is 0 Å². The molecule has 0 N–H and O–H groups in total. The van der Waals surface area contributed by atoms with E-state index in [0.717, 1.165) is 23.9 Å². The van der Waals surface area contributed by atoms with Gasteiger partial charge in [0.25, 0.3) is 5.91 Å². The Balaban J connectivity index is 3.20. The Hall–Kier alpha value is -1.56. The summed E-state index contributed by atoms with van der Waals surface area (Å²) >= 11 is 6.62. The fourth-order valence-electron chi connectivity index (χ4n) is 1.09. The lowest BCUT2D eigenvalue weighted by molar-refractivity contribution is -0.113. The molecule has 5 nitrogen and oxygen atoms in total. The molecule has 1 aromatic carbocycles. The Morgan fingerprint density at radius 1 is 1.47 bits per heavy atom. The summed E-state index contributed by atoms with van der Waals surface area (Å²) in [5, 5.41) is 2.66. The minimum atomic E-state index is -1.06. The highest BCUT2D eigenvalue weighted by Gasteiger charge is 2.17. The van der Waals surface area contributed by atoms with Gasteiger partial charge < -0.3 is 0 Å². The Morgan fingerprint density at radius 3 is 2.63 bits per heavy atom. The predicted octanol–water partition coefficient (Wildman–Crippen LogP) is 4.20. The van der Waals surface area contributed by atoms with Crippen LogP contribution in [0, 0.1) is 11.7 Å². The normalized spacial score (nSPS) is 10.2. The molecule has 0 bridgehead atoms. The molecule has 0 heterocycles. The Kier molecular flexibility index (Phi) is 5.35. The second kappa shape index (κ2) is 6.56. The maximum Gasteiger partial charge on any atom is 0.252 e. The van der Waals surface area contributed by atoms with Crippen molar-refractivity contribution in [2.45, 2.75) is 18.7 Å². The molecule has 8 heteroatoms. The average Bonchev–Trinajstić information content (AvgIpc) is 2.32. The number of azide groups is 1. The number of rotatable bonds is 3. The summed E-state index contributed by atoms with van der Waals surface area (Å²) in [6.07, 6.45) is 0. The molecule has 0 fully saturated rings. The SMILES string of the molecule is CC(C)C(=O)Sc1cc(C(=O)N=[N+]=[N-])c(F)cc1Cl. The molecule has 0 spiro atoms. The van der Waals surface area contributed by atoms with E-state index in [4.69, 9.17) is 17.1 Å². The zero-order valence-corrected chi connectivity index (χ0v) is 11.6. The molecule has 0 radical (unpaired) electrons. The van der Waals surface area contributed by atoms with Gasteiger partial charge in [0.2, 0.25) is 0 Å². The lowest BCUT2D eigenvalue weighted by Crippen LogP contribution is -2.03. The molecule has 1 aromatic rings. The third-order valence-corrected chi connectivity index (χ3v) is 3.72. The summed E-state index contributed by atoms with van der Waals surface area (Å²) in [5.74, 6) is -2.19. The first-order valence-electron chi connectivity index (χ1n) is 5.17. The van der Waals surface area contributed by atoms with Crippen molar-refractivity contribution in [3.05, 3.63) is 39.0 Å². The summed E-state index contributed by atoms with van der Waals surface area (Å²) in [7, 11) is 0. The first-order chi connectivity index (χ1) is 8.86. The lowest BCUT2D eigenvalue weighted by Gasteiger charge is -2.07. The molecule has 100 valence electrons. The van der Waals surface area contributed by atoms with Gasteiger partial charge in [-0.05, 0) is 22.8 Å². The average molecular weight is 302 g/mol. The molecule has 0 aliphatic heterocycles. The van der Waals surface area contributed by atoms with Crippen LogP contribution in [0.1, 0.15) is 24.2 Å². The van der Waals surface area contributed by atoms with E-state index in [9.17, 15) is 14.0 Å². The second-order valence-corrected chi connectivity index (χ2v) is 5.29. The van der Waals surface area contributed by atoms with E-state index in [2.05, 4.69) is 10.0 Å². The molecule has 0 atom stereocenters. The summed E-state index contributed by atoms with van der Waals surface area (Å²) in [6, 6.07) is 2.03. The van der Waals surface area contributed by atoms with Gasteiger partial charge in [0.15, 0.2) is 5.12 Å². The monoisotopic (exact) mass is 301 g/mol. The molecule has 0 aliphatic rings. The number of benzene rings is 1. The standard InChI is InChI=1S/C11H9ClFN3O2S/c1-5(2)11(18)19-9-3-6(10(17)15-16-14)8(13)4-7(9)12/h3-5H,1-2H3. The molecule has 0 saturated heterocycles. The fourth-order valence-corrected chi connectivity index (χ4v) is 2.14. The van der Waals surface area contributed by atoms with Crippen LogP contribution in [0.25, 0.3) is 10.4 Å². The Labute approximate surface area is 117 Å². The molecule has 19 heavy (non-hydrogen) atoms. The highest BCUT2D eigenvalue weighted by atomic mass is 35.5. The zero-order valence-electron chi connectivity index (χ0n) is 10.1. The number of hydrogen-bond acceptors (Lipinski definition) is 3. The molecular formula is C11H9ClFN3O2S. The van der Waals surface area contributed by atoms with Gasteiger partial charge in [0, 0.05) is 15.7 Å². The number of carbonyl (C=O) groups is 2. The third-order valence-electron chi connectivity index (χ3n) is 2.07. The van der Waals surface area contributed by atoms with E-state index < -0.39 is 17.3 Å². The van der Waals surface area contributed by atoms with Crippen LogP contribution >= 0.6 is 23.4 Å². The number of halogens is 2. The number of amides is 1. The van der Waals surface area contributed by atoms with Gasteiger partial charge in [-0.25, -0.2) is 4.39 Å². The van der Waals surface area contributed by atoms with Crippen LogP contribution in [0.15, 0.2) is 22.1 Å². The highest BCUT2D eigenvalue weighted by molar-refractivity contribution is 8.13. The predicted molar refractivity (Wildman–Crippen MR) is 70.6 cm³/mol. The van der Waals surface area contributed by atoms with Crippen molar-refractivity contribution in [3.8, 4) is 0 Å². The van der Waals surface area contributed by atoms with E-state index >= 15 is 0 Å².